The van der Waals surface area contributed by atoms with E-state index < -0.39 is 10.0 Å². The maximum absolute atomic E-state index is 12.8. The molecule has 1 aliphatic carbocycles. The van der Waals surface area contributed by atoms with E-state index in [1.807, 2.05) is 6.20 Å². The lowest BCUT2D eigenvalue weighted by Crippen LogP contribution is -2.41. The molecule has 0 aliphatic heterocycles. The van der Waals surface area contributed by atoms with Gasteiger partial charge in [-0.3, -0.25) is 9.48 Å². The number of rotatable bonds is 5. The van der Waals surface area contributed by atoms with E-state index in [1.54, 1.807) is 30.9 Å². The summed E-state index contributed by atoms with van der Waals surface area (Å²) in [5.74, 6) is -0.289. The van der Waals surface area contributed by atoms with Gasteiger partial charge in [-0.15, -0.1) is 0 Å². The van der Waals surface area contributed by atoms with Crippen LogP contribution < -0.4 is 10.5 Å². The number of nitrogens with zero attached hydrogens (tertiary/aromatic N) is 2. The van der Waals surface area contributed by atoms with Gasteiger partial charge in [-0.1, -0.05) is 6.07 Å². The maximum atomic E-state index is 12.8. The van der Waals surface area contributed by atoms with E-state index in [4.69, 9.17) is 5.14 Å². The number of amides is 1. The van der Waals surface area contributed by atoms with E-state index in [0.29, 0.717) is 18.4 Å². The highest BCUT2D eigenvalue weighted by atomic mass is 32.2. The highest BCUT2D eigenvalue weighted by molar-refractivity contribution is 7.89. The first-order valence-corrected chi connectivity index (χ1v) is 9.80. The summed E-state index contributed by atoms with van der Waals surface area (Å²) in [6, 6.07) is 3.91. The molecule has 0 radical (unpaired) electrons. The van der Waals surface area contributed by atoms with Gasteiger partial charge in [0.15, 0.2) is 0 Å². The molecule has 1 amide bonds. The number of carbonyl (C=O) groups is 1. The number of nitrogens with one attached hydrogen (secondary N) is 1. The average Bonchev–Trinajstić information content (AvgIpc) is 2.95. The molecule has 4 N–H and O–H groups in total. The first-order valence-electron chi connectivity index (χ1n) is 8.26. The van der Waals surface area contributed by atoms with Gasteiger partial charge >= 0.3 is 0 Å². The summed E-state index contributed by atoms with van der Waals surface area (Å²) in [7, 11) is -2.11. The Kier molecular flexibility index (Phi) is 4.87. The SMILES string of the molecule is Cc1ccc(S(N)(=O)=O)cc1C(=O)N[C@@H](c1cnn(C)c1)C1CC(O)C1. The maximum Gasteiger partial charge on any atom is 0.252 e. The van der Waals surface area contributed by atoms with Crippen LogP contribution in [-0.4, -0.2) is 35.3 Å². The van der Waals surface area contributed by atoms with Crippen LogP contribution in [0.4, 0.5) is 0 Å². The smallest absolute Gasteiger partial charge is 0.252 e. The van der Waals surface area contributed by atoms with Crippen molar-refractivity contribution in [2.24, 2.45) is 18.1 Å². The zero-order valence-corrected chi connectivity index (χ0v) is 15.4. The molecule has 1 fully saturated rings. The Labute approximate surface area is 152 Å². The number of carbonyl (C=O) groups excluding carboxylic acids is 1. The Hall–Kier alpha value is -2.23. The summed E-state index contributed by atoms with van der Waals surface area (Å²) >= 11 is 0. The summed E-state index contributed by atoms with van der Waals surface area (Å²) in [5.41, 5.74) is 1.75. The highest BCUT2D eigenvalue weighted by Crippen LogP contribution is 2.38. The van der Waals surface area contributed by atoms with Gasteiger partial charge in [-0.05, 0) is 43.4 Å². The second-order valence-electron chi connectivity index (χ2n) is 6.81. The van der Waals surface area contributed by atoms with Crippen molar-refractivity contribution >= 4 is 15.9 Å². The van der Waals surface area contributed by atoms with Crippen LogP contribution in [0.25, 0.3) is 0 Å². The molecule has 0 bridgehead atoms. The lowest BCUT2D eigenvalue weighted by molar-refractivity contribution is 0.0235. The van der Waals surface area contributed by atoms with Crippen LogP contribution in [0.1, 0.15) is 40.4 Å². The van der Waals surface area contributed by atoms with Gasteiger partial charge < -0.3 is 10.4 Å². The molecule has 1 saturated carbocycles. The molecular formula is C17H22N4O4S. The fourth-order valence-electron chi connectivity index (χ4n) is 3.22. The molecule has 2 aromatic rings. The number of aliphatic hydroxyl groups excluding tert-OH is 1. The quantitative estimate of drug-likeness (QED) is 0.703. The number of hydrogen-bond donors (Lipinski definition) is 3. The minimum atomic E-state index is -3.90. The average molecular weight is 378 g/mol. The molecule has 0 saturated heterocycles. The van der Waals surface area contributed by atoms with Crippen LogP contribution in [0.3, 0.4) is 0 Å². The zero-order chi connectivity index (χ0) is 19.1. The van der Waals surface area contributed by atoms with Crippen molar-refractivity contribution < 1.29 is 18.3 Å². The van der Waals surface area contributed by atoms with Crippen LogP contribution in [0, 0.1) is 12.8 Å². The van der Waals surface area contributed by atoms with Gasteiger partial charge in [0, 0.05) is 24.4 Å². The number of hydrogen-bond acceptors (Lipinski definition) is 5. The molecule has 1 aromatic carbocycles. The largest absolute Gasteiger partial charge is 0.393 e. The second kappa shape index (κ2) is 6.82. The third kappa shape index (κ3) is 3.79. The standard InChI is InChI=1S/C17H22N4O4S/c1-10-3-4-14(26(18,24)25)7-15(10)17(23)20-16(11-5-13(22)6-11)12-8-19-21(2)9-12/h3-4,7-9,11,13,16,22H,5-6H2,1-2H3,(H,20,23)(H2,18,24,25)/t11?,13?,16-/m1/s1. The molecular weight excluding hydrogens is 356 g/mol. The molecule has 1 aliphatic rings. The number of aryl methyl sites for hydroxylation is 2. The van der Waals surface area contributed by atoms with E-state index in [-0.39, 0.29) is 34.4 Å². The number of primary sulfonamides is 1. The summed E-state index contributed by atoms with van der Waals surface area (Å²) < 4.78 is 24.8. The molecule has 0 unspecified atom stereocenters. The third-order valence-electron chi connectivity index (χ3n) is 4.77. The normalized spacial score (nSPS) is 21.1. The zero-order valence-electron chi connectivity index (χ0n) is 14.6. The first-order chi connectivity index (χ1) is 12.1. The van der Waals surface area contributed by atoms with Gasteiger partial charge in [0.05, 0.1) is 23.2 Å². The lowest BCUT2D eigenvalue weighted by Gasteiger charge is -2.37. The van der Waals surface area contributed by atoms with Crippen molar-refractivity contribution in [3.05, 3.63) is 47.3 Å². The van der Waals surface area contributed by atoms with Gasteiger partial charge in [-0.2, -0.15) is 5.10 Å². The van der Waals surface area contributed by atoms with Crippen molar-refractivity contribution in [1.82, 2.24) is 15.1 Å². The van der Waals surface area contributed by atoms with E-state index in [9.17, 15) is 18.3 Å². The third-order valence-corrected chi connectivity index (χ3v) is 5.68. The van der Waals surface area contributed by atoms with Gasteiger partial charge in [0.2, 0.25) is 10.0 Å². The predicted octanol–water partition coefficient (Wildman–Crippen LogP) is 0.618. The fraction of sp³-hybridized carbons (Fsp3) is 0.412. The molecule has 140 valence electrons. The van der Waals surface area contributed by atoms with Gasteiger partial charge in [-0.25, -0.2) is 13.6 Å². The molecule has 1 atom stereocenters. The first kappa shape index (κ1) is 18.6. The summed E-state index contributed by atoms with van der Waals surface area (Å²) in [6.07, 6.45) is 4.34. The van der Waals surface area contributed by atoms with Crippen molar-refractivity contribution in [3.63, 3.8) is 0 Å². The molecule has 9 heteroatoms. The Bertz CT molecular complexity index is 932. The molecule has 8 nitrogen and oxygen atoms in total. The van der Waals surface area contributed by atoms with E-state index in [0.717, 1.165) is 5.56 Å². The molecule has 1 aromatic heterocycles. The van der Waals surface area contributed by atoms with Crippen LogP contribution in [0.5, 0.6) is 0 Å². The van der Waals surface area contributed by atoms with Gasteiger partial charge in [0.1, 0.15) is 0 Å². The van der Waals surface area contributed by atoms with Crippen LogP contribution >= 0.6 is 0 Å². The molecule has 26 heavy (non-hydrogen) atoms. The predicted molar refractivity (Wildman–Crippen MR) is 94.7 cm³/mol. The monoisotopic (exact) mass is 378 g/mol. The highest BCUT2D eigenvalue weighted by Gasteiger charge is 2.36. The Morgan fingerprint density at radius 2 is 2.12 bits per heavy atom. The molecule has 0 spiro atoms. The Balaban J connectivity index is 1.88. The van der Waals surface area contributed by atoms with Gasteiger partial charge in [0.25, 0.3) is 5.91 Å². The van der Waals surface area contributed by atoms with E-state index >= 15 is 0 Å². The number of benzene rings is 1. The number of aromatic nitrogens is 2. The molecule has 1 heterocycles. The Morgan fingerprint density at radius 1 is 1.42 bits per heavy atom. The van der Waals surface area contributed by atoms with E-state index in [2.05, 4.69) is 10.4 Å². The topological polar surface area (TPSA) is 127 Å². The number of sulfonamides is 1. The van der Waals surface area contributed by atoms with Crippen LogP contribution in [0.15, 0.2) is 35.5 Å². The summed E-state index contributed by atoms with van der Waals surface area (Å²) in [4.78, 5) is 12.7. The molecule has 3 rings (SSSR count). The number of nitrogens with two attached hydrogens (primary N) is 1. The number of aliphatic hydroxyl groups is 1. The van der Waals surface area contributed by atoms with Crippen molar-refractivity contribution in [2.75, 3.05) is 0 Å². The summed E-state index contributed by atoms with van der Waals surface area (Å²) in [6.45, 7) is 1.73. The van der Waals surface area contributed by atoms with Crippen molar-refractivity contribution in [1.29, 1.82) is 0 Å². The lowest BCUT2D eigenvalue weighted by atomic mass is 9.75. The second-order valence-corrected chi connectivity index (χ2v) is 8.37. The minimum Gasteiger partial charge on any atom is -0.393 e. The van der Waals surface area contributed by atoms with Crippen molar-refractivity contribution in [3.8, 4) is 0 Å². The van der Waals surface area contributed by atoms with Crippen molar-refractivity contribution in [2.45, 2.75) is 36.8 Å². The minimum absolute atomic E-state index is 0.0971. The Morgan fingerprint density at radius 3 is 2.65 bits per heavy atom. The van der Waals surface area contributed by atoms with E-state index in [1.165, 1.54) is 12.1 Å². The van der Waals surface area contributed by atoms with Crippen LogP contribution in [0.2, 0.25) is 0 Å². The van der Waals surface area contributed by atoms with Crippen LogP contribution in [-0.2, 0) is 17.1 Å². The summed E-state index contributed by atoms with van der Waals surface area (Å²) in [5, 5.41) is 21.9. The fourth-order valence-corrected chi connectivity index (χ4v) is 3.76.